The van der Waals surface area contributed by atoms with Crippen molar-refractivity contribution in [3.8, 4) is 0 Å². The smallest absolute Gasteiger partial charge is 0.348 e. The number of carbonyl (C=O) groups excluding carboxylic acids is 1. The zero-order valence-electron chi connectivity index (χ0n) is 15.5. The van der Waals surface area contributed by atoms with Crippen LogP contribution in [0.25, 0.3) is 10.2 Å². The van der Waals surface area contributed by atoms with Crippen LogP contribution in [0.1, 0.15) is 54.0 Å². The molecule has 6 nitrogen and oxygen atoms in total. The quantitative estimate of drug-likeness (QED) is 0.569. The van der Waals surface area contributed by atoms with Gasteiger partial charge >= 0.3 is 5.97 Å². The number of thiocarbonyl (C=S) groups is 1. The number of carbonyl (C=O) groups is 1. The van der Waals surface area contributed by atoms with Crippen molar-refractivity contribution in [1.29, 1.82) is 0 Å². The summed E-state index contributed by atoms with van der Waals surface area (Å²) in [7, 11) is 0. The van der Waals surface area contributed by atoms with Gasteiger partial charge in [0.2, 0.25) is 0 Å². The molecule has 2 aromatic heterocycles. The van der Waals surface area contributed by atoms with E-state index in [1.165, 1.54) is 23.1 Å². The number of rotatable bonds is 6. The third-order valence-corrected chi connectivity index (χ3v) is 6.71. The highest BCUT2D eigenvalue weighted by Gasteiger charge is 2.22. The van der Waals surface area contributed by atoms with Crippen LogP contribution in [0, 0.1) is 6.92 Å². The van der Waals surface area contributed by atoms with Crippen LogP contribution in [0.3, 0.4) is 0 Å². The minimum absolute atomic E-state index is 0.103. The lowest BCUT2D eigenvalue weighted by molar-refractivity contribution is 0.0531. The van der Waals surface area contributed by atoms with Crippen molar-refractivity contribution < 1.29 is 9.53 Å². The molecule has 0 aliphatic carbocycles. The van der Waals surface area contributed by atoms with Gasteiger partial charge in [0.15, 0.2) is 0 Å². The second-order valence-corrected chi connectivity index (χ2v) is 8.58. The Morgan fingerprint density at radius 3 is 2.62 bits per heavy atom. The summed E-state index contributed by atoms with van der Waals surface area (Å²) in [5, 5.41) is 0.346. The Kier molecular flexibility index (Phi) is 7.19. The fraction of sp³-hybridized carbons (Fsp3) is 0.529. The van der Waals surface area contributed by atoms with E-state index in [4.69, 9.17) is 17.0 Å². The molecule has 0 aromatic carbocycles. The standard InChI is InChI=1S/C17H23N3O3S3/c1-6-20(7-2)17(24)25-10(5)13-18-14(21)11-9(4)12(16(22)23-8-3)26-15(11)19-13/h10H,6-8H2,1-5H3,(H,18,19,21)/t10-/m0/s1. The lowest BCUT2D eigenvalue weighted by atomic mass is 10.2. The molecule has 0 radical (unpaired) electrons. The monoisotopic (exact) mass is 413 g/mol. The first-order chi connectivity index (χ1) is 12.3. The van der Waals surface area contributed by atoms with Crippen molar-refractivity contribution >= 4 is 55.8 Å². The van der Waals surface area contributed by atoms with Crippen LogP contribution in [0.2, 0.25) is 0 Å². The summed E-state index contributed by atoms with van der Waals surface area (Å²) in [6.07, 6.45) is 0. The molecule has 0 saturated carbocycles. The van der Waals surface area contributed by atoms with Gasteiger partial charge in [-0.15, -0.1) is 11.3 Å². The molecule has 1 N–H and O–H groups in total. The molecule has 142 valence electrons. The van der Waals surface area contributed by atoms with Gasteiger partial charge in [-0.3, -0.25) is 4.79 Å². The number of aromatic nitrogens is 2. The van der Waals surface area contributed by atoms with Crippen molar-refractivity contribution in [2.45, 2.75) is 39.9 Å². The van der Waals surface area contributed by atoms with Gasteiger partial charge in [-0.05, 0) is 40.2 Å². The van der Waals surface area contributed by atoms with Crippen LogP contribution in [0.4, 0.5) is 0 Å². The second-order valence-electron chi connectivity index (χ2n) is 5.61. The fourth-order valence-corrected chi connectivity index (χ4v) is 5.21. The van der Waals surface area contributed by atoms with Crippen LogP contribution in [-0.4, -0.2) is 44.9 Å². The molecule has 26 heavy (non-hydrogen) atoms. The maximum atomic E-state index is 12.6. The summed E-state index contributed by atoms with van der Waals surface area (Å²) in [6.45, 7) is 11.5. The second kappa shape index (κ2) is 8.96. The van der Waals surface area contributed by atoms with Crippen molar-refractivity contribution in [2.24, 2.45) is 0 Å². The Hall–Kier alpha value is -1.45. The Bertz CT molecular complexity index is 871. The Labute approximate surface area is 166 Å². The molecule has 9 heteroatoms. The van der Waals surface area contributed by atoms with Gasteiger partial charge in [-0.2, -0.15) is 0 Å². The van der Waals surface area contributed by atoms with E-state index in [0.717, 1.165) is 17.4 Å². The summed E-state index contributed by atoms with van der Waals surface area (Å²) >= 11 is 8.16. The van der Waals surface area contributed by atoms with Crippen LogP contribution < -0.4 is 5.56 Å². The predicted octanol–water partition coefficient (Wildman–Crippen LogP) is 3.89. The number of fused-ring (bicyclic) bond motifs is 1. The van der Waals surface area contributed by atoms with Crippen molar-refractivity contribution in [1.82, 2.24) is 14.9 Å². The maximum absolute atomic E-state index is 12.6. The number of nitrogens with one attached hydrogen (secondary N) is 1. The molecule has 0 unspecified atom stereocenters. The van der Waals surface area contributed by atoms with Crippen LogP contribution in [-0.2, 0) is 4.74 Å². The molecule has 0 aliphatic heterocycles. The fourth-order valence-electron chi connectivity index (χ4n) is 2.51. The number of thioether (sulfide) groups is 1. The number of hydrogen-bond acceptors (Lipinski definition) is 7. The predicted molar refractivity (Wildman–Crippen MR) is 112 cm³/mol. The third kappa shape index (κ3) is 4.27. The van der Waals surface area contributed by atoms with E-state index < -0.39 is 5.97 Å². The van der Waals surface area contributed by atoms with Gasteiger partial charge in [-0.25, -0.2) is 9.78 Å². The van der Waals surface area contributed by atoms with Crippen molar-refractivity contribution in [2.75, 3.05) is 19.7 Å². The lowest BCUT2D eigenvalue weighted by Gasteiger charge is -2.22. The Balaban J connectivity index is 2.37. The van der Waals surface area contributed by atoms with Gasteiger partial charge in [0.25, 0.3) is 5.56 Å². The summed E-state index contributed by atoms with van der Waals surface area (Å²) < 4.78 is 5.84. The molecule has 2 aromatic rings. The Morgan fingerprint density at radius 2 is 2.04 bits per heavy atom. The van der Waals surface area contributed by atoms with E-state index in [0.29, 0.717) is 26.5 Å². The molecule has 0 amide bonds. The highest BCUT2D eigenvalue weighted by molar-refractivity contribution is 8.23. The van der Waals surface area contributed by atoms with E-state index in [2.05, 4.69) is 28.7 Å². The van der Waals surface area contributed by atoms with Crippen LogP contribution >= 0.6 is 35.3 Å². The Morgan fingerprint density at radius 1 is 1.38 bits per heavy atom. The SMILES string of the molecule is CCOC(=O)c1sc2nc([C@H](C)SC(=S)N(CC)CC)[nH]c(=O)c2c1C. The van der Waals surface area contributed by atoms with E-state index in [-0.39, 0.29) is 17.4 Å². The number of aryl methyl sites for hydroxylation is 1. The number of H-pyrrole nitrogens is 1. The van der Waals surface area contributed by atoms with E-state index in [1.54, 1.807) is 13.8 Å². The van der Waals surface area contributed by atoms with Crippen LogP contribution in [0.5, 0.6) is 0 Å². The molecular formula is C17H23N3O3S3. The zero-order valence-corrected chi connectivity index (χ0v) is 18.0. The molecular weight excluding hydrogens is 390 g/mol. The number of hydrogen-bond donors (Lipinski definition) is 1. The van der Waals surface area contributed by atoms with Gasteiger partial charge in [-0.1, -0.05) is 24.0 Å². The third-order valence-electron chi connectivity index (χ3n) is 3.96. The highest BCUT2D eigenvalue weighted by Crippen LogP contribution is 2.32. The van der Waals surface area contributed by atoms with Gasteiger partial charge in [0.05, 0.1) is 17.2 Å². The summed E-state index contributed by atoms with van der Waals surface area (Å²) in [6, 6.07) is 0. The maximum Gasteiger partial charge on any atom is 0.348 e. The molecule has 0 saturated heterocycles. The van der Waals surface area contributed by atoms with Gasteiger partial charge in [0, 0.05) is 13.1 Å². The number of aromatic amines is 1. The molecule has 1 atom stereocenters. The van der Waals surface area contributed by atoms with Crippen LogP contribution in [0.15, 0.2) is 4.79 Å². The number of esters is 1. The largest absolute Gasteiger partial charge is 0.462 e. The average molecular weight is 414 g/mol. The lowest BCUT2D eigenvalue weighted by Crippen LogP contribution is -2.27. The average Bonchev–Trinajstić information content (AvgIpc) is 2.93. The molecule has 2 rings (SSSR count). The van der Waals surface area contributed by atoms with E-state index in [1.807, 2.05) is 6.92 Å². The first kappa shape index (κ1) is 20.9. The highest BCUT2D eigenvalue weighted by atomic mass is 32.2. The van der Waals surface area contributed by atoms with Crippen molar-refractivity contribution in [3.05, 3.63) is 26.6 Å². The van der Waals surface area contributed by atoms with Gasteiger partial charge < -0.3 is 14.6 Å². The minimum Gasteiger partial charge on any atom is -0.462 e. The topological polar surface area (TPSA) is 75.3 Å². The zero-order chi connectivity index (χ0) is 19.4. The first-order valence-electron chi connectivity index (χ1n) is 8.49. The molecule has 0 spiro atoms. The molecule has 0 aliphatic rings. The number of thiophene rings is 1. The molecule has 0 fully saturated rings. The summed E-state index contributed by atoms with van der Waals surface area (Å²) in [4.78, 5) is 35.1. The summed E-state index contributed by atoms with van der Waals surface area (Å²) in [5.41, 5.74) is 0.373. The minimum atomic E-state index is -0.418. The van der Waals surface area contributed by atoms with E-state index >= 15 is 0 Å². The van der Waals surface area contributed by atoms with E-state index in [9.17, 15) is 9.59 Å². The number of nitrogens with zero attached hydrogens (tertiary/aromatic N) is 2. The summed E-state index contributed by atoms with van der Waals surface area (Å²) in [5.74, 6) is 0.137. The molecule has 2 heterocycles. The van der Waals surface area contributed by atoms with Crippen molar-refractivity contribution in [3.63, 3.8) is 0 Å². The first-order valence-corrected chi connectivity index (χ1v) is 10.6. The van der Waals surface area contributed by atoms with Gasteiger partial charge in [0.1, 0.15) is 19.9 Å². The number of ether oxygens (including phenoxy) is 1. The molecule has 0 bridgehead atoms. The normalized spacial score (nSPS) is 12.2.